The van der Waals surface area contributed by atoms with Crippen LogP contribution in [-0.4, -0.2) is 29.3 Å². The van der Waals surface area contributed by atoms with E-state index in [0.29, 0.717) is 18.7 Å². The fourth-order valence-corrected chi connectivity index (χ4v) is 1.99. The van der Waals surface area contributed by atoms with Crippen molar-refractivity contribution in [2.75, 3.05) is 13.1 Å². The number of aromatic hydroxyl groups is 2. The van der Waals surface area contributed by atoms with Crippen LogP contribution in [0.4, 0.5) is 0 Å². The summed E-state index contributed by atoms with van der Waals surface area (Å²) in [5.74, 6) is -0.740. The van der Waals surface area contributed by atoms with Gasteiger partial charge in [0.25, 0.3) is 0 Å². The predicted octanol–water partition coefficient (Wildman–Crippen LogP) is -1.59. The molecule has 126 valence electrons. The number of carbonyl (C=O) groups excluding carboxylic acids is 1. The van der Waals surface area contributed by atoms with Crippen LogP contribution in [0, 0.1) is 0 Å². The predicted molar refractivity (Wildman–Crippen MR) is 82.8 cm³/mol. The molecule has 2 aromatic carbocycles. The molecular formula is C16H19FeN2NaO4. The first kappa shape index (κ1) is 22.9. The number of phenolic OH excluding ortho intramolecular Hbond substituents is 2. The topological polar surface area (TPSA) is 105 Å². The molecule has 0 saturated carbocycles. The van der Waals surface area contributed by atoms with Gasteiger partial charge in [0.1, 0.15) is 11.8 Å². The molecule has 0 fully saturated rings. The van der Waals surface area contributed by atoms with Crippen molar-refractivity contribution in [1.29, 1.82) is 0 Å². The van der Waals surface area contributed by atoms with Crippen LogP contribution in [-0.2, 0) is 21.9 Å². The third kappa shape index (κ3) is 6.11. The largest absolute Gasteiger partial charge is 1.00 e. The summed E-state index contributed by atoms with van der Waals surface area (Å²) in [7, 11) is 0. The SMILES string of the molecule is NCCNC(C(=O)Oc1ccccc1O)c1ccccc1O.[Fe].[H-].[Na+]. The first-order valence-corrected chi connectivity index (χ1v) is 6.84. The molecule has 0 aliphatic heterocycles. The molecule has 0 bridgehead atoms. The molecule has 0 aromatic heterocycles. The third-order valence-electron chi connectivity index (χ3n) is 3.05. The van der Waals surface area contributed by atoms with E-state index >= 15 is 0 Å². The molecule has 0 amide bonds. The molecule has 24 heavy (non-hydrogen) atoms. The summed E-state index contributed by atoms with van der Waals surface area (Å²) < 4.78 is 5.21. The summed E-state index contributed by atoms with van der Waals surface area (Å²) in [4.78, 5) is 12.4. The van der Waals surface area contributed by atoms with E-state index in [-0.39, 0.29) is 65.3 Å². The van der Waals surface area contributed by atoms with Gasteiger partial charge in [0.05, 0.1) is 0 Å². The van der Waals surface area contributed by atoms with E-state index in [2.05, 4.69) is 5.32 Å². The van der Waals surface area contributed by atoms with Crippen LogP contribution in [0.15, 0.2) is 48.5 Å². The molecule has 0 aliphatic rings. The molecule has 1 unspecified atom stereocenters. The second-order valence-electron chi connectivity index (χ2n) is 4.62. The van der Waals surface area contributed by atoms with Crippen LogP contribution in [0.2, 0.25) is 0 Å². The molecule has 6 nitrogen and oxygen atoms in total. The molecule has 1 atom stereocenters. The Kier molecular flexibility index (Phi) is 11.0. The van der Waals surface area contributed by atoms with Gasteiger partial charge < -0.3 is 22.1 Å². The Hall–Kier alpha value is -1.05. The molecule has 0 aliphatic carbocycles. The second kappa shape index (κ2) is 11.5. The minimum absolute atomic E-state index is 0. The van der Waals surface area contributed by atoms with Gasteiger partial charge in [0.2, 0.25) is 0 Å². The maximum absolute atomic E-state index is 12.4. The maximum Gasteiger partial charge on any atom is 1.00 e. The van der Waals surface area contributed by atoms with Crippen molar-refractivity contribution in [3.05, 3.63) is 54.1 Å². The molecule has 2 rings (SSSR count). The van der Waals surface area contributed by atoms with Gasteiger partial charge in [-0.2, -0.15) is 0 Å². The number of rotatable bonds is 6. The molecule has 8 heteroatoms. The average Bonchev–Trinajstić information content (AvgIpc) is 2.51. The standard InChI is InChI=1S/C16H18N2O4.Fe.Na.H/c17-9-10-18-15(11-5-1-2-6-12(11)19)16(21)22-14-8-4-3-7-13(14)20;;;/h1-8,15,18-20H,9-10,17H2;;;/q;;+1;-1. The number of para-hydroxylation sites is 3. The Labute approximate surface area is 174 Å². The molecule has 0 radical (unpaired) electrons. The van der Waals surface area contributed by atoms with Crippen LogP contribution in [0.1, 0.15) is 13.0 Å². The van der Waals surface area contributed by atoms with Crippen LogP contribution in [0.3, 0.4) is 0 Å². The third-order valence-corrected chi connectivity index (χ3v) is 3.05. The Balaban J connectivity index is 0. The van der Waals surface area contributed by atoms with Crippen molar-refractivity contribution in [3.8, 4) is 17.2 Å². The molecule has 0 spiro atoms. The van der Waals surface area contributed by atoms with E-state index in [9.17, 15) is 15.0 Å². The average molecular weight is 382 g/mol. The molecular weight excluding hydrogens is 363 g/mol. The summed E-state index contributed by atoms with van der Waals surface area (Å²) in [6.07, 6.45) is 0. The van der Waals surface area contributed by atoms with Gasteiger partial charge in [0, 0.05) is 35.7 Å². The minimum atomic E-state index is -0.885. The Bertz CT molecular complexity index is 664. The van der Waals surface area contributed by atoms with E-state index in [0.717, 1.165) is 0 Å². The van der Waals surface area contributed by atoms with Crippen LogP contribution in [0.25, 0.3) is 0 Å². The van der Waals surface area contributed by atoms with Gasteiger partial charge in [-0.05, 0) is 18.2 Å². The number of nitrogens with two attached hydrogens (primary N) is 1. The quantitative estimate of drug-likeness (QED) is 0.273. The summed E-state index contributed by atoms with van der Waals surface area (Å²) in [6.45, 7) is 0.697. The number of hydrogen-bond acceptors (Lipinski definition) is 6. The van der Waals surface area contributed by atoms with Crippen molar-refractivity contribution < 1.29 is 67.8 Å². The first-order chi connectivity index (χ1) is 10.6. The molecule has 0 saturated heterocycles. The first-order valence-electron chi connectivity index (χ1n) is 6.84. The summed E-state index contributed by atoms with van der Waals surface area (Å²) in [5, 5.41) is 22.5. The number of nitrogens with one attached hydrogen (secondary N) is 1. The van der Waals surface area contributed by atoms with Gasteiger partial charge in [-0.3, -0.25) is 5.32 Å². The fourth-order valence-electron chi connectivity index (χ4n) is 1.99. The van der Waals surface area contributed by atoms with Crippen molar-refractivity contribution in [2.24, 2.45) is 5.73 Å². The van der Waals surface area contributed by atoms with Gasteiger partial charge in [-0.15, -0.1) is 0 Å². The zero-order chi connectivity index (χ0) is 15.9. The Morgan fingerprint density at radius 2 is 1.71 bits per heavy atom. The number of ether oxygens (including phenoxy) is 1. The fraction of sp³-hybridized carbons (Fsp3) is 0.188. The van der Waals surface area contributed by atoms with Crippen molar-refractivity contribution >= 4 is 5.97 Å². The van der Waals surface area contributed by atoms with Crippen molar-refractivity contribution in [3.63, 3.8) is 0 Å². The number of carbonyl (C=O) groups is 1. The van der Waals surface area contributed by atoms with E-state index in [1.807, 2.05) is 0 Å². The van der Waals surface area contributed by atoms with Gasteiger partial charge in [-0.1, -0.05) is 30.3 Å². The zero-order valence-corrected chi connectivity index (χ0v) is 16.4. The number of phenols is 2. The van der Waals surface area contributed by atoms with Crippen molar-refractivity contribution in [1.82, 2.24) is 5.32 Å². The van der Waals surface area contributed by atoms with E-state index in [1.54, 1.807) is 30.3 Å². The smallest absolute Gasteiger partial charge is 1.00 e. The van der Waals surface area contributed by atoms with Crippen LogP contribution >= 0.6 is 0 Å². The summed E-state index contributed by atoms with van der Waals surface area (Å²) in [5.41, 5.74) is 5.84. The van der Waals surface area contributed by atoms with Crippen LogP contribution < -0.4 is 45.3 Å². The summed E-state index contributed by atoms with van der Waals surface area (Å²) in [6, 6.07) is 11.8. The molecule has 5 N–H and O–H groups in total. The van der Waals surface area contributed by atoms with Crippen molar-refractivity contribution in [2.45, 2.75) is 6.04 Å². The number of esters is 1. The monoisotopic (exact) mass is 382 g/mol. The Morgan fingerprint density at radius 3 is 2.29 bits per heavy atom. The minimum Gasteiger partial charge on any atom is -1.00 e. The second-order valence-corrected chi connectivity index (χ2v) is 4.62. The van der Waals surface area contributed by atoms with Gasteiger partial charge in [-0.25, -0.2) is 4.79 Å². The van der Waals surface area contributed by atoms with Crippen LogP contribution in [0.5, 0.6) is 17.2 Å². The zero-order valence-electron chi connectivity index (χ0n) is 14.3. The maximum atomic E-state index is 12.4. The normalized spacial score (nSPS) is 10.9. The van der Waals surface area contributed by atoms with E-state index in [4.69, 9.17) is 10.5 Å². The van der Waals surface area contributed by atoms with Gasteiger partial charge in [0.15, 0.2) is 11.5 Å². The molecule has 0 heterocycles. The number of hydrogen-bond donors (Lipinski definition) is 4. The number of benzene rings is 2. The van der Waals surface area contributed by atoms with Gasteiger partial charge >= 0.3 is 35.5 Å². The van der Waals surface area contributed by atoms with E-state index < -0.39 is 12.0 Å². The summed E-state index contributed by atoms with van der Waals surface area (Å²) >= 11 is 0. The van der Waals surface area contributed by atoms with E-state index in [1.165, 1.54) is 18.2 Å². The Morgan fingerprint density at radius 1 is 1.12 bits per heavy atom. The molecule has 2 aromatic rings.